The van der Waals surface area contributed by atoms with Gasteiger partial charge < -0.3 is 9.47 Å². The molecule has 24 heavy (non-hydrogen) atoms. The van der Waals surface area contributed by atoms with Gasteiger partial charge in [0.05, 0.1) is 18.3 Å². The Labute approximate surface area is 141 Å². The average Bonchev–Trinajstić information content (AvgIpc) is 3.16. The van der Waals surface area contributed by atoms with Gasteiger partial charge in [-0.3, -0.25) is 9.20 Å². The van der Waals surface area contributed by atoms with Crippen LogP contribution in [0.15, 0.2) is 41.1 Å². The Kier molecular flexibility index (Phi) is 3.87. The molecule has 1 aliphatic heterocycles. The Hall–Kier alpha value is -2.87. The molecule has 0 fully saturated rings. The molecule has 1 N–H and O–H groups in total. The maximum atomic E-state index is 11.9. The number of amides is 1. The number of nitrogens with one attached hydrogen (secondary N) is 1. The molecule has 0 unspecified atom stereocenters. The van der Waals surface area contributed by atoms with Gasteiger partial charge in [-0.2, -0.15) is 5.10 Å². The van der Waals surface area contributed by atoms with E-state index in [2.05, 4.69) is 15.5 Å². The number of thiazole rings is 1. The van der Waals surface area contributed by atoms with Crippen LogP contribution in [0.5, 0.6) is 11.5 Å². The lowest BCUT2D eigenvalue weighted by molar-refractivity contribution is -0.120. The van der Waals surface area contributed by atoms with Crippen molar-refractivity contribution in [3.63, 3.8) is 0 Å². The van der Waals surface area contributed by atoms with Crippen LogP contribution in [-0.4, -0.2) is 34.7 Å². The average molecular weight is 342 g/mol. The number of nitrogens with zero attached hydrogens (tertiary/aromatic N) is 3. The van der Waals surface area contributed by atoms with Gasteiger partial charge in [0.1, 0.15) is 13.2 Å². The molecule has 0 bridgehead atoms. The van der Waals surface area contributed by atoms with E-state index in [4.69, 9.17) is 9.47 Å². The lowest BCUT2D eigenvalue weighted by atomic mass is 10.2. The minimum atomic E-state index is -0.213. The second-order valence-electron chi connectivity index (χ2n) is 5.20. The Morgan fingerprint density at radius 2 is 2.25 bits per heavy atom. The third-order valence-electron chi connectivity index (χ3n) is 3.45. The van der Waals surface area contributed by atoms with Crippen molar-refractivity contribution in [1.82, 2.24) is 14.8 Å². The fraction of sp³-hybridized carbons (Fsp3) is 0.188. The quantitative estimate of drug-likeness (QED) is 0.580. The Bertz CT molecular complexity index is 887. The van der Waals surface area contributed by atoms with Gasteiger partial charge in [0.2, 0.25) is 5.91 Å². The Balaban J connectivity index is 1.36. The predicted octanol–water partition coefficient (Wildman–Crippen LogP) is 1.86. The molecule has 1 aromatic carbocycles. The fourth-order valence-electron chi connectivity index (χ4n) is 2.38. The van der Waals surface area contributed by atoms with Crippen LogP contribution in [0.25, 0.3) is 4.96 Å². The van der Waals surface area contributed by atoms with E-state index in [1.807, 2.05) is 40.4 Å². The molecule has 7 nitrogen and oxygen atoms in total. The van der Waals surface area contributed by atoms with Gasteiger partial charge in [0.25, 0.3) is 0 Å². The predicted molar refractivity (Wildman–Crippen MR) is 89.9 cm³/mol. The topological polar surface area (TPSA) is 77.2 Å². The summed E-state index contributed by atoms with van der Waals surface area (Å²) in [6.07, 6.45) is 5.51. The summed E-state index contributed by atoms with van der Waals surface area (Å²) in [4.78, 5) is 17.2. The summed E-state index contributed by atoms with van der Waals surface area (Å²) in [5, 5.41) is 5.92. The molecular formula is C16H14N4O3S. The number of rotatable bonds is 4. The molecule has 0 saturated heterocycles. The van der Waals surface area contributed by atoms with Crippen LogP contribution in [0.3, 0.4) is 0 Å². The summed E-state index contributed by atoms with van der Waals surface area (Å²) in [6, 6.07) is 5.51. The smallest absolute Gasteiger partial charge is 0.246 e. The zero-order valence-corrected chi connectivity index (χ0v) is 13.5. The highest BCUT2D eigenvalue weighted by Crippen LogP contribution is 2.30. The van der Waals surface area contributed by atoms with Gasteiger partial charge in [-0.25, -0.2) is 10.4 Å². The summed E-state index contributed by atoms with van der Waals surface area (Å²) in [6.45, 7) is 1.09. The van der Waals surface area contributed by atoms with Crippen molar-refractivity contribution >= 4 is 28.4 Å². The maximum absolute atomic E-state index is 11.9. The minimum Gasteiger partial charge on any atom is -0.486 e. The first-order valence-electron chi connectivity index (χ1n) is 7.40. The van der Waals surface area contributed by atoms with Gasteiger partial charge >= 0.3 is 0 Å². The number of aromatic nitrogens is 2. The second kappa shape index (κ2) is 6.32. The first-order valence-corrected chi connectivity index (χ1v) is 8.28. The number of ether oxygens (including phenoxy) is 2. The van der Waals surface area contributed by atoms with E-state index < -0.39 is 0 Å². The fourth-order valence-corrected chi connectivity index (χ4v) is 3.10. The van der Waals surface area contributed by atoms with Gasteiger partial charge in [-0.05, 0) is 23.8 Å². The largest absolute Gasteiger partial charge is 0.486 e. The molecule has 122 valence electrons. The SMILES string of the molecule is O=C(Cc1cn2ccsc2n1)N/N=C/c1ccc2c(c1)OCCO2. The van der Waals surface area contributed by atoms with E-state index in [0.717, 1.165) is 16.3 Å². The van der Waals surface area contributed by atoms with E-state index in [1.165, 1.54) is 11.3 Å². The minimum absolute atomic E-state index is 0.187. The van der Waals surface area contributed by atoms with Crippen LogP contribution in [0.2, 0.25) is 0 Å². The molecule has 3 heterocycles. The number of hydrogen-bond acceptors (Lipinski definition) is 6. The molecule has 8 heteroatoms. The lowest BCUT2D eigenvalue weighted by Gasteiger charge is -2.18. The number of carbonyl (C=O) groups is 1. The summed E-state index contributed by atoms with van der Waals surface area (Å²) in [5.41, 5.74) is 4.05. The highest BCUT2D eigenvalue weighted by molar-refractivity contribution is 7.15. The van der Waals surface area contributed by atoms with Crippen LogP contribution < -0.4 is 14.9 Å². The molecule has 0 radical (unpaired) electrons. The highest BCUT2D eigenvalue weighted by atomic mass is 32.1. The normalized spacial score (nSPS) is 13.5. The van der Waals surface area contributed by atoms with Gasteiger partial charge in [0.15, 0.2) is 16.5 Å². The molecule has 1 amide bonds. The molecule has 0 aliphatic carbocycles. The number of benzene rings is 1. The number of carbonyl (C=O) groups excluding carboxylic acids is 1. The van der Waals surface area contributed by atoms with Crippen LogP contribution in [0, 0.1) is 0 Å². The van der Waals surface area contributed by atoms with Gasteiger partial charge in [0, 0.05) is 17.8 Å². The van der Waals surface area contributed by atoms with Crippen molar-refractivity contribution in [3.8, 4) is 11.5 Å². The molecule has 4 rings (SSSR count). The summed E-state index contributed by atoms with van der Waals surface area (Å²) in [7, 11) is 0. The Morgan fingerprint density at radius 1 is 1.38 bits per heavy atom. The second-order valence-corrected chi connectivity index (χ2v) is 6.07. The third kappa shape index (κ3) is 3.09. The monoisotopic (exact) mass is 342 g/mol. The van der Waals surface area contributed by atoms with Gasteiger partial charge in [-0.1, -0.05) is 0 Å². The van der Waals surface area contributed by atoms with E-state index in [0.29, 0.717) is 24.7 Å². The van der Waals surface area contributed by atoms with Crippen molar-refractivity contribution < 1.29 is 14.3 Å². The zero-order chi connectivity index (χ0) is 16.4. The van der Waals surface area contributed by atoms with Crippen LogP contribution in [0.1, 0.15) is 11.3 Å². The van der Waals surface area contributed by atoms with Gasteiger partial charge in [-0.15, -0.1) is 11.3 Å². The van der Waals surface area contributed by atoms with Crippen molar-refractivity contribution in [1.29, 1.82) is 0 Å². The van der Waals surface area contributed by atoms with E-state index >= 15 is 0 Å². The van der Waals surface area contributed by atoms with E-state index in [9.17, 15) is 4.79 Å². The molecule has 0 atom stereocenters. The number of hydrogen-bond donors (Lipinski definition) is 1. The first kappa shape index (κ1) is 14.7. The van der Waals surface area contributed by atoms with Crippen LogP contribution >= 0.6 is 11.3 Å². The number of hydrazone groups is 1. The van der Waals surface area contributed by atoms with Crippen molar-refractivity contribution in [3.05, 3.63) is 47.2 Å². The molecular weight excluding hydrogens is 328 g/mol. The molecule has 1 aliphatic rings. The van der Waals surface area contributed by atoms with Crippen molar-refractivity contribution in [2.75, 3.05) is 13.2 Å². The van der Waals surface area contributed by atoms with Crippen molar-refractivity contribution in [2.24, 2.45) is 5.10 Å². The third-order valence-corrected chi connectivity index (χ3v) is 4.22. The standard InChI is InChI=1S/C16H14N4O3S/c21-15(8-12-10-20-3-6-24-16(20)18-12)19-17-9-11-1-2-13-14(7-11)23-5-4-22-13/h1-3,6-7,9-10H,4-5,8H2,(H,19,21)/b17-9+. The highest BCUT2D eigenvalue weighted by Gasteiger charge is 2.11. The van der Waals surface area contributed by atoms with Crippen LogP contribution in [0.4, 0.5) is 0 Å². The molecule has 0 spiro atoms. The first-order chi connectivity index (χ1) is 11.8. The number of fused-ring (bicyclic) bond motifs is 2. The molecule has 2 aromatic heterocycles. The van der Waals surface area contributed by atoms with E-state index in [-0.39, 0.29) is 12.3 Å². The summed E-state index contributed by atoms with van der Waals surface area (Å²) < 4.78 is 12.9. The number of imidazole rings is 1. The summed E-state index contributed by atoms with van der Waals surface area (Å²) >= 11 is 1.53. The molecule has 3 aromatic rings. The zero-order valence-electron chi connectivity index (χ0n) is 12.6. The molecule has 0 saturated carbocycles. The lowest BCUT2D eigenvalue weighted by Crippen LogP contribution is -2.20. The summed E-state index contributed by atoms with van der Waals surface area (Å²) in [5.74, 6) is 1.20. The van der Waals surface area contributed by atoms with Crippen LogP contribution in [-0.2, 0) is 11.2 Å². The van der Waals surface area contributed by atoms with E-state index in [1.54, 1.807) is 6.21 Å². The van der Waals surface area contributed by atoms with Crippen molar-refractivity contribution in [2.45, 2.75) is 6.42 Å². The maximum Gasteiger partial charge on any atom is 0.246 e. The Morgan fingerprint density at radius 3 is 3.12 bits per heavy atom.